The Kier molecular flexibility index (Phi) is 5.60. The number of hydrogen-bond donors (Lipinski definition) is 1. The Hall–Kier alpha value is -2.77. The van der Waals surface area contributed by atoms with E-state index in [1.54, 1.807) is 18.6 Å². The standard InChI is InChI=1S/C18H20F2N4O2/c1-12(26-16-3-2-13(19)10-15(16)20)18(25)23-14-4-8-24(9-5-14)17-11-21-6-7-22-17/h2-3,6-7,10-12,14H,4-5,8-9H2,1H3,(H,23,25). The molecule has 1 saturated heterocycles. The molecule has 138 valence electrons. The first-order valence-corrected chi connectivity index (χ1v) is 8.46. The molecule has 2 heterocycles. The topological polar surface area (TPSA) is 67.3 Å². The van der Waals surface area contributed by atoms with Crippen LogP contribution in [0, 0.1) is 11.6 Å². The molecule has 1 N–H and O–H groups in total. The lowest BCUT2D eigenvalue weighted by Crippen LogP contribution is -2.48. The highest BCUT2D eigenvalue weighted by Crippen LogP contribution is 2.20. The summed E-state index contributed by atoms with van der Waals surface area (Å²) in [4.78, 5) is 22.7. The number of nitrogens with one attached hydrogen (secondary N) is 1. The third-order valence-electron chi connectivity index (χ3n) is 4.28. The maximum absolute atomic E-state index is 13.6. The number of anilines is 1. The van der Waals surface area contributed by atoms with Crippen LogP contribution in [-0.4, -0.2) is 41.1 Å². The molecule has 1 fully saturated rings. The summed E-state index contributed by atoms with van der Waals surface area (Å²) in [6.07, 6.45) is 5.64. The maximum Gasteiger partial charge on any atom is 0.260 e. The summed E-state index contributed by atoms with van der Waals surface area (Å²) in [5.41, 5.74) is 0. The second-order valence-corrected chi connectivity index (χ2v) is 6.17. The van der Waals surface area contributed by atoms with Gasteiger partial charge in [0.05, 0.1) is 6.20 Å². The molecule has 8 heteroatoms. The molecule has 1 amide bonds. The minimum Gasteiger partial charge on any atom is -0.478 e. The first-order chi connectivity index (χ1) is 12.5. The van der Waals surface area contributed by atoms with Gasteiger partial charge in [0.15, 0.2) is 17.7 Å². The van der Waals surface area contributed by atoms with Gasteiger partial charge < -0.3 is 15.0 Å². The third kappa shape index (κ3) is 4.44. The number of piperidine rings is 1. The van der Waals surface area contributed by atoms with Gasteiger partial charge >= 0.3 is 0 Å². The van der Waals surface area contributed by atoms with Gasteiger partial charge in [-0.2, -0.15) is 0 Å². The number of halogens is 2. The van der Waals surface area contributed by atoms with Crippen LogP contribution in [0.2, 0.25) is 0 Å². The zero-order valence-corrected chi connectivity index (χ0v) is 14.4. The summed E-state index contributed by atoms with van der Waals surface area (Å²) in [5, 5.41) is 2.92. The first-order valence-electron chi connectivity index (χ1n) is 8.46. The van der Waals surface area contributed by atoms with Crippen LogP contribution >= 0.6 is 0 Å². The monoisotopic (exact) mass is 362 g/mol. The highest BCUT2D eigenvalue weighted by atomic mass is 19.1. The van der Waals surface area contributed by atoms with Crippen LogP contribution in [0.4, 0.5) is 14.6 Å². The maximum atomic E-state index is 13.6. The second kappa shape index (κ2) is 8.07. The number of carbonyl (C=O) groups excluding carboxylic acids is 1. The van der Waals surface area contributed by atoms with E-state index in [2.05, 4.69) is 20.2 Å². The molecule has 0 bridgehead atoms. The molecule has 6 nitrogen and oxygen atoms in total. The number of carbonyl (C=O) groups is 1. The molecule has 1 aromatic carbocycles. The highest BCUT2D eigenvalue weighted by Gasteiger charge is 2.24. The average Bonchev–Trinajstić information content (AvgIpc) is 2.65. The van der Waals surface area contributed by atoms with Gasteiger partial charge in [-0.1, -0.05) is 0 Å². The minimum atomic E-state index is -0.881. The van der Waals surface area contributed by atoms with Gasteiger partial charge in [-0.05, 0) is 31.9 Å². The van der Waals surface area contributed by atoms with Gasteiger partial charge in [-0.25, -0.2) is 13.8 Å². The summed E-state index contributed by atoms with van der Waals surface area (Å²) >= 11 is 0. The fourth-order valence-corrected chi connectivity index (χ4v) is 2.84. The lowest BCUT2D eigenvalue weighted by molar-refractivity contribution is -0.128. The molecule has 2 aromatic rings. The average molecular weight is 362 g/mol. The summed E-state index contributed by atoms with van der Waals surface area (Å²) in [6.45, 7) is 3.05. The van der Waals surface area contributed by atoms with Gasteiger partial charge in [0, 0.05) is 37.6 Å². The van der Waals surface area contributed by atoms with E-state index in [0.29, 0.717) is 0 Å². The van der Waals surface area contributed by atoms with Crippen molar-refractivity contribution in [3.8, 4) is 5.75 Å². The Morgan fingerprint density at radius 2 is 2.08 bits per heavy atom. The van der Waals surface area contributed by atoms with E-state index >= 15 is 0 Å². The van der Waals surface area contributed by atoms with Crippen LogP contribution in [0.15, 0.2) is 36.8 Å². The molecular weight excluding hydrogens is 342 g/mol. The van der Waals surface area contributed by atoms with E-state index in [1.807, 2.05) is 0 Å². The Balaban J connectivity index is 1.49. The van der Waals surface area contributed by atoms with Gasteiger partial charge in [-0.3, -0.25) is 9.78 Å². The SMILES string of the molecule is CC(Oc1ccc(F)cc1F)C(=O)NC1CCN(c2cnccn2)CC1. The first kappa shape index (κ1) is 18.0. The Morgan fingerprint density at radius 1 is 1.31 bits per heavy atom. The van der Waals surface area contributed by atoms with Crippen molar-refractivity contribution >= 4 is 11.7 Å². The Labute approximate surface area is 150 Å². The van der Waals surface area contributed by atoms with Crippen molar-refractivity contribution in [1.29, 1.82) is 0 Å². The van der Waals surface area contributed by atoms with E-state index in [9.17, 15) is 13.6 Å². The molecule has 1 atom stereocenters. The number of amides is 1. The lowest BCUT2D eigenvalue weighted by atomic mass is 10.0. The molecule has 1 aliphatic rings. The van der Waals surface area contributed by atoms with Crippen molar-refractivity contribution in [1.82, 2.24) is 15.3 Å². The second-order valence-electron chi connectivity index (χ2n) is 6.17. The molecule has 26 heavy (non-hydrogen) atoms. The van der Waals surface area contributed by atoms with E-state index in [4.69, 9.17) is 4.74 Å². The summed E-state index contributed by atoms with van der Waals surface area (Å²) < 4.78 is 31.9. The zero-order valence-electron chi connectivity index (χ0n) is 14.4. The normalized spacial score (nSPS) is 16.2. The number of benzene rings is 1. The predicted octanol–water partition coefficient (Wildman–Crippen LogP) is 2.31. The van der Waals surface area contributed by atoms with Crippen molar-refractivity contribution in [2.45, 2.75) is 31.9 Å². The van der Waals surface area contributed by atoms with Gasteiger partial charge in [0.2, 0.25) is 0 Å². The molecule has 0 spiro atoms. The Bertz CT molecular complexity index is 752. The number of rotatable bonds is 5. The predicted molar refractivity (Wildman–Crippen MR) is 91.9 cm³/mol. The lowest BCUT2D eigenvalue weighted by Gasteiger charge is -2.33. The number of aromatic nitrogens is 2. The molecule has 3 rings (SSSR count). The van der Waals surface area contributed by atoms with Crippen LogP contribution < -0.4 is 15.0 Å². The van der Waals surface area contributed by atoms with Crippen molar-refractivity contribution < 1.29 is 18.3 Å². The number of nitrogens with zero attached hydrogens (tertiary/aromatic N) is 3. The number of hydrogen-bond acceptors (Lipinski definition) is 5. The largest absolute Gasteiger partial charge is 0.478 e. The van der Waals surface area contributed by atoms with E-state index in [-0.39, 0.29) is 17.7 Å². The van der Waals surface area contributed by atoms with Crippen LogP contribution in [-0.2, 0) is 4.79 Å². The number of ether oxygens (including phenoxy) is 1. The third-order valence-corrected chi connectivity index (χ3v) is 4.28. The molecule has 1 aromatic heterocycles. The fourth-order valence-electron chi connectivity index (χ4n) is 2.84. The molecule has 1 aliphatic heterocycles. The van der Waals surface area contributed by atoms with Crippen molar-refractivity contribution in [2.75, 3.05) is 18.0 Å². The quantitative estimate of drug-likeness (QED) is 0.884. The summed E-state index contributed by atoms with van der Waals surface area (Å²) in [6, 6.07) is 3.00. The van der Waals surface area contributed by atoms with E-state index in [0.717, 1.165) is 43.9 Å². The van der Waals surface area contributed by atoms with Crippen LogP contribution in [0.1, 0.15) is 19.8 Å². The minimum absolute atomic E-state index is 0.0135. The van der Waals surface area contributed by atoms with Gasteiger partial charge in [0.25, 0.3) is 5.91 Å². The molecule has 1 unspecified atom stereocenters. The molecule has 0 aliphatic carbocycles. The van der Waals surface area contributed by atoms with Gasteiger partial charge in [-0.15, -0.1) is 0 Å². The molecule has 0 radical (unpaired) electrons. The van der Waals surface area contributed by atoms with Gasteiger partial charge in [0.1, 0.15) is 11.6 Å². The fraction of sp³-hybridized carbons (Fsp3) is 0.389. The van der Waals surface area contributed by atoms with E-state index in [1.165, 1.54) is 13.0 Å². The molecular formula is C18H20F2N4O2. The summed E-state index contributed by atoms with van der Waals surface area (Å²) in [5.74, 6) is -1.18. The summed E-state index contributed by atoms with van der Waals surface area (Å²) in [7, 11) is 0. The van der Waals surface area contributed by atoms with Crippen molar-refractivity contribution in [3.63, 3.8) is 0 Å². The Morgan fingerprint density at radius 3 is 2.73 bits per heavy atom. The van der Waals surface area contributed by atoms with Crippen LogP contribution in [0.3, 0.4) is 0 Å². The molecule has 0 saturated carbocycles. The highest BCUT2D eigenvalue weighted by molar-refractivity contribution is 5.81. The van der Waals surface area contributed by atoms with E-state index < -0.39 is 17.7 Å². The van der Waals surface area contributed by atoms with Crippen molar-refractivity contribution in [2.24, 2.45) is 0 Å². The van der Waals surface area contributed by atoms with Crippen molar-refractivity contribution in [3.05, 3.63) is 48.4 Å². The van der Waals surface area contributed by atoms with Crippen LogP contribution in [0.25, 0.3) is 0 Å². The zero-order chi connectivity index (χ0) is 18.5. The smallest absolute Gasteiger partial charge is 0.260 e. The van der Waals surface area contributed by atoms with Crippen LogP contribution in [0.5, 0.6) is 5.75 Å².